The third kappa shape index (κ3) is 1.58. The van der Waals surface area contributed by atoms with E-state index in [0.717, 1.165) is 10.9 Å². The van der Waals surface area contributed by atoms with Crippen LogP contribution in [0.4, 0.5) is 0 Å². The van der Waals surface area contributed by atoms with E-state index in [1.165, 1.54) is 6.07 Å². The molecule has 0 amide bonds. The van der Waals surface area contributed by atoms with Gasteiger partial charge in [0.1, 0.15) is 5.58 Å². The highest BCUT2D eigenvalue weighted by molar-refractivity contribution is 6.17. The molecule has 0 saturated heterocycles. The molecule has 0 atom stereocenters. The second-order valence-corrected chi connectivity index (χ2v) is 3.03. The molecule has 0 aliphatic carbocycles. The van der Waals surface area contributed by atoms with Crippen LogP contribution in [0.25, 0.3) is 11.0 Å². The minimum Gasteiger partial charge on any atom is -0.423 e. The molecule has 0 unspecified atom stereocenters. The summed E-state index contributed by atoms with van der Waals surface area (Å²) >= 11 is 5.67. The van der Waals surface area contributed by atoms with Crippen LogP contribution < -0.4 is 5.63 Å². The number of hydrogen-bond acceptors (Lipinski definition) is 2. The average Bonchev–Trinajstić information content (AvgIpc) is 2.17. The van der Waals surface area contributed by atoms with Gasteiger partial charge in [-0.3, -0.25) is 0 Å². The largest absolute Gasteiger partial charge is 0.423 e. The first-order chi connectivity index (χ1) is 6.29. The van der Waals surface area contributed by atoms with Crippen LogP contribution >= 0.6 is 11.6 Å². The van der Waals surface area contributed by atoms with Crippen LogP contribution in [-0.4, -0.2) is 0 Å². The van der Waals surface area contributed by atoms with E-state index in [1.807, 2.05) is 12.1 Å². The zero-order valence-corrected chi connectivity index (χ0v) is 7.54. The number of rotatable bonds is 1. The van der Waals surface area contributed by atoms with Crippen molar-refractivity contribution in [3.05, 3.63) is 46.3 Å². The molecule has 0 spiro atoms. The first-order valence-corrected chi connectivity index (χ1v) is 4.42. The second kappa shape index (κ2) is 3.23. The fourth-order valence-electron chi connectivity index (χ4n) is 1.20. The molecule has 2 nitrogen and oxygen atoms in total. The summed E-state index contributed by atoms with van der Waals surface area (Å²) in [4.78, 5) is 10.8. The Morgan fingerprint density at radius 2 is 2.08 bits per heavy atom. The van der Waals surface area contributed by atoms with Gasteiger partial charge in [-0.1, -0.05) is 6.07 Å². The monoisotopic (exact) mass is 194 g/mol. The molecule has 0 saturated carbocycles. The van der Waals surface area contributed by atoms with Gasteiger partial charge in [-0.25, -0.2) is 4.79 Å². The summed E-state index contributed by atoms with van der Waals surface area (Å²) in [7, 11) is 0. The lowest BCUT2D eigenvalue weighted by molar-refractivity contribution is 0.561. The molecule has 66 valence electrons. The summed E-state index contributed by atoms with van der Waals surface area (Å²) in [5.41, 5.74) is 1.29. The Morgan fingerprint density at radius 1 is 1.23 bits per heavy atom. The second-order valence-electron chi connectivity index (χ2n) is 2.76. The van der Waals surface area contributed by atoms with Crippen LogP contribution in [0.1, 0.15) is 5.56 Å². The molecule has 3 heteroatoms. The molecule has 0 aliphatic heterocycles. The van der Waals surface area contributed by atoms with Gasteiger partial charge >= 0.3 is 5.63 Å². The molecule has 0 radical (unpaired) electrons. The highest BCUT2D eigenvalue weighted by atomic mass is 35.5. The molecule has 1 aromatic heterocycles. The van der Waals surface area contributed by atoms with Crippen LogP contribution in [0.5, 0.6) is 0 Å². The van der Waals surface area contributed by atoms with Crippen molar-refractivity contribution in [1.82, 2.24) is 0 Å². The van der Waals surface area contributed by atoms with Gasteiger partial charge in [0.25, 0.3) is 0 Å². The SMILES string of the molecule is O=c1ccc2cc(CCl)ccc2o1. The number of hydrogen-bond donors (Lipinski definition) is 0. The Bertz CT molecular complexity index is 487. The van der Waals surface area contributed by atoms with E-state index in [9.17, 15) is 4.79 Å². The predicted octanol–water partition coefficient (Wildman–Crippen LogP) is 2.53. The predicted molar refractivity (Wildman–Crippen MR) is 52.0 cm³/mol. The third-order valence-corrected chi connectivity index (χ3v) is 2.15. The Labute approximate surface area is 79.7 Å². The number of halogens is 1. The Balaban J connectivity index is 2.73. The smallest absolute Gasteiger partial charge is 0.336 e. The summed E-state index contributed by atoms with van der Waals surface area (Å²) in [5, 5.41) is 0.901. The highest BCUT2D eigenvalue weighted by Crippen LogP contribution is 2.14. The normalized spacial score (nSPS) is 10.5. The maximum absolute atomic E-state index is 10.8. The van der Waals surface area contributed by atoms with Crippen LogP contribution in [0, 0.1) is 0 Å². The van der Waals surface area contributed by atoms with Crippen molar-refractivity contribution in [2.45, 2.75) is 5.88 Å². The van der Waals surface area contributed by atoms with Crippen molar-refractivity contribution in [3.8, 4) is 0 Å². The van der Waals surface area contributed by atoms with Crippen LogP contribution in [0.2, 0.25) is 0 Å². The molecule has 2 rings (SSSR count). The fourth-order valence-corrected chi connectivity index (χ4v) is 1.37. The van der Waals surface area contributed by atoms with Gasteiger partial charge in [-0.2, -0.15) is 0 Å². The Hall–Kier alpha value is -1.28. The van der Waals surface area contributed by atoms with Crippen LogP contribution in [-0.2, 0) is 5.88 Å². The van der Waals surface area contributed by atoms with E-state index in [0.29, 0.717) is 11.5 Å². The van der Waals surface area contributed by atoms with E-state index in [-0.39, 0.29) is 5.63 Å². The first-order valence-electron chi connectivity index (χ1n) is 3.88. The summed E-state index contributed by atoms with van der Waals surface area (Å²) < 4.78 is 4.96. The number of fused-ring (bicyclic) bond motifs is 1. The lowest BCUT2D eigenvalue weighted by Gasteiger charge is -1.97. The fraction of sp³-hybridized carbons (Fsp3) is 0.100. The minimum absolute atomic E-state index is 0.328. The van der Waals surface area contributed by atoms with Crippen molar-refractivity contribution in [2.75, 3.05) is 0 Å². The summed E-state index contributed by atoms with van der Waals surface area (Å²) in [6.45, 7) is 0. The molecular formula is C10H7ClO2. The van der Waals surface area contributed by atoms with E-state index in [2.05, 4.69) is 0 Å². The third-order valence-electron chi connectivity index (χ3n) is 1.84. The van der Waals surface area contributed by atoms with E-state index >= 15 is 0 Å². The van der Waals surface area contributed by atoms with Crippen LogP contribution in [0.15, 0.2) is 39.5 Å². The van der Waals surface area contributed by atoms with Crippen molar-refractivity contribution >= 4 is 22.6 Å². The standard InChI is InChI=1S/C10H7ClO2/c11-6-7-1-3-9-8(5-7)2-4-10(12)13-9/h1-5H,6H2. The maximum Gasteiger partial charge on any atom is 0.336 e. The topological polar surface area (TPSA) is 30.2 Å². The summed E-state index contributed by atoms with van der Waals surface area (Å²) in [5.74, 6) is 0.467. The molecular weight excluding hydrogens is 188 g/mol. The van der Waals surface area contributed by atoms with Gasteiger partial charge < -0.3 is 4.42 Å². The van der Waals surface area contributed by atoms with Gasteiger partial charge in [-0.05, 0) is 23.8 Å². The lowest BCUT2D eigenvalue weighted by atomic mass is 10.2. The van der Waals surface area contributed by atoms with Crippen molar-refractivity contribution in [2.24, 2.45) is 0 Å². The van der Waals surface area contributed by atoms with Crippen molar-refractivity contribution in [1.29, 1.82) is 0 Å². The Morgan fingerprint density at radius 3 is 2.85 bits per heavy atom. The van der Waals surface area contributed by atoms with E-state index in [1.54, 1.807) is 12.1 Å². The molecule has 0 fully saturated rings. The molecule has 2 aromatic rings. The zero-order valence-electron chi connectivity index (χ0n) is 6.79. The van der Waals surface area contributed by atoms with Crippen molar-refractivity contribution < 1.29 is 4.42 Å². The highest BCUT2D eigenvalue weighted by Gasteiger charge is 1.97. The van der Waals surface area contributed by atoms with Crippen molar-refractivity contribution in [3.63, 3.8) is 0 Å². The summed E-state index contributed by atoms with van der Waals surface area (Å²) in [6.07, 6.45) is 0. The summed E-state index contributed by atoms with van der Waals surface area (Å²) in [6, 6.07) is 8.65. The Kier molecular flexibility index (Phi) is 2.07. The maximum atomic E-state index is 10.8. The number of benzene rings is 1. The van der Waals surface area contributed by atoms with Gasteiger partial charge in [0.15, 0.2) is 0 Å². The first kappa shape index (κ1) is 8.32. The van der Waals surface area contributed by atoms with Crippen LogP contribution in [0.3, 0.4) is 0 Å². The lowest BCUT2D eigenvalue weighted by Crippen LogP contribution is -1.94. The molecule has 1 heterocycles. The molecule has 0 aliphatic rings. The van der Waals surface area contributed by atoms with Gasteiger partial charge in [-0.15, -0.1) is 11.6 Å². The molecule has 13 heavy (non-hydrogen) atoms. The zero-order chi connectivity index (χ0) is 9.26. The molecule has 1 aromatic carbocycles. The average molecular weight is 195 g/mol. The quantitative estimate of drug-likeness (QED) is 0.516. The van der Waals surface area contributed by atoms with E-state index < -0.39 is 0 Å². The molecule has 0 bridgehead atoms. The van der Waals surface area contributed by atoms with Gasteiger partial charge in [0, 0.05) is 17.3 Å². The minimum atomic E-state index is -0.328. The van der Waals surface area contributed by atoms with E-state index in [4.69, 9.17) is 16.0 Å². The van der Waals surface area contributed by atoms with Gasteiger partial charge in [0.2, 0.25) is 0 Å². The number of alkyl halides is 1. The molecule has 0 N–H and O–H groups in total. The van der Waals surface area contributed by atoms with Gasteiger partial charge in [0.05, 0.1) is 0 Å².